The van der Waals surface area contributed by atoms with E-state index < -0.39 is 17.6 Å². The minimum absolute atomic E-state index is 0.0611. The van der Waals surface area contributed by atoms with Crippen molar-refractivity contribution in [2.24, 2.45) is 5.92 Å². The summed E-state index contributed by atoms with van der Waals surface area (Å²) < 4.78 is 37.8. The number of hydrogen-bond acceptors (Lipinski definition) is 8. The first-order valence-electron chi connectivity index (χ1n) is 15.9. The Bertz CT molecular complexity index is 1780. The van der Waals surface area contributed by atoms with E-state index in [2.05, 4.69) is 40.0 Å². The molecule has 44 heavy (non-hydrogen) atoms. The van der Waals surface area contributed by atoms with Crippen molar-refractivity contribution in [3.8, 4) is 17.3 Å². The van der Waals surface area contributed by atoms with Crippen molar-refractivity contribution < 1.29 is 18.6 Å². The summed E-state index contributed by atoms with van der Waals surface area (Å²) in [6.45, 7) is 8.61. The number of piperidine rings is 1. The molecule has 0 bridgehead atoms. The number of nitrogens with zero attached hydrogens (tertiary/aromatic N) is 6. The number of aliphatic hydroxyl groups is 1. The van der Waals surface area contributed by atoms with Crippen molar-refractivity contribution in [2.45, 2.75) is 82.5 Å². The van der Waals surface area contributed by atoms with E-state index in [-0.39, 0.29) is 29.4 Å². The van der Waals surface area contributed by atoms with Crippen molar-refractivity contribution in [3.05, 3.63) is 35.4 Å². The zero-order valence-corrected chi connectivity index (χ0v) is 25.5. The van der Waals surface area contributed by atoms with E-state index in [1.54, 1.807) is 12.4 Å². The van der Waals surface area contributed by atoms with Gasteiger partial charge in [0.25, 0.3) is 0 Å². The van der Waals surface area contributed by atoms with Gasteiger partial charge in [0.05, 0.1) is 28.2 Å². The highest BCUT2D eigenvalue weighted by atomic mass is 19.1. The predicted octanol–water partition coefficient (Wildman–Crippen LogP) is 5.45. The zero-order valence-electron chi connectivity index (χ0n) is 25.5. The summed E-state index contributed by atoms with van der Waals surface area (Å²) >= 11 is 0. The first kappa shape index (κ1) is 28.1. The monoisotopic (exact) mass is 603 g/mol. The van der Waals surface area contributed by atoms with Crippen LogP contribution in [0.2, 0.25) is 0 Å². The number of aromatic nitrogens is 5. The third-order valence-corrected chi connectivity index (χ3v) is 10.6. The highest BCUT2D eigenvalue weighted by Crippen LogP contribution is 2.53. The van der Waals surface area contributed by atoms with E-state index in [4.69, 9.17) is 14.7 Å². The number of aryl methyl sites for hydroxylation is 1. The van der Waals surface area contributed by atoms with Gasteiger partial charge in [0.2, 0.25) is 0 Å². The van der Waals surface area contributed by atoms with E-state index in [0.717, 1.165) is 59.8 Å². The fraction of sp³-hybridized carbons (Fsp3) is 0.576. The Kier molecular flexibility index (Phi) is 6.40. The molecule has 0 unspecified atom stereocenters. The first-order valence-corrected chi connectivity index (χ1v) is 15.9. The molecule has 0 spiro atoms. The normalized spacial score (nSPS) is 30.4. The Labute approximate surface area is 255 Å². The molecule has 1 aliphatic carbocycles. The summed E-state index contributed by atoms with van der Waals surface area (Å²) in [5.74, 6) is 0.797. The molecular weight excluding hydrogens is 564 g/mol. The molecular formula is C33H39F2N7O2. The summed E-state index contributed by atoms with van der Waals surface area (Å²) in [7, 11) is 0. The maximum Gasteiger partial charge on any atom is 0.319 e. The van der Waals surface area contributed by atoms with Gasteiger partial charge >= 0.3 is 6.01 Å². The predicted molar refractivity (Wildman–Crippen MR) is 164 cm³/mol. The maximum atomic E-state index is 17.0. The number of fused-ring (bicyclic) bond motifs is 3. The van der Waals surface area contributed by atoms with Gasteiger partial charge in [-0.05, 0) is 81.5 Å². The molecule has 3 saturated heterocycles. The van der Waals surface area contributed by atoms with Gasteiger partial charge < -0.3 is 14.7 Å². The third kappa shape index (κ3) is 4.53. The number of hydrogen-bond donors (Lipinski definition) is 2. The lowest BCUT2D eigenvalue weighted by Gasteiger charge is -2.38. The Hall–Kier alpha value is -3.44. The van der Waals surface area contributed by atoms with Crippen LogP contribution < -0.4 is 9.64 Å². The van der Waals surface area contributed by atoms with Gasteiger partial charge in [0.1, 0.15) is 29.8 Å². The van der Waals surface area contributed by atoms with Crippen molar-refractivity contribution >= 4 is 27.6 Å². The summed E-state index contributed by atoms with van der Waals surface area (Å²) in [5, 5.41) is 19.6. The SMILES string of the molecule is Cc1cc2[nH]ncc2c(-c2ncc3c(N4CCC[C@@](C)(O)C4)nc(OC[C@@]45CCCN4C[C@H](F)C5)nc3c2F)c1[C@H]1C[C@H]1C. The van der Waals surface area contributed by atoms with E-state index in [1.807, 2.05) is 11.8 Å². The van der Waals surface area contributed by atoms with Gasteiger partial charge in [-0.25, -0.2) is 8.78 Å². The van der Waals surface area contributed by atoms with Crippen LogP contribution >= 0.6 is 0 Å². The average Bonchev–Trinajstić information content (AvgIpc) is 3.26. The van der Waals surface area contributed by atoms with Crippen LogP contribution in [0.3, 0.4) is 0 Å². The van der Waals surface area contributed by atoms with Crippen LogP contribution in [0.1, 0.15) is 69.4 Å². The molecule has 6 heterocycles. The molecule has 3 aromatic heterocycles. The lowest BCUT2D eigenvalue weighted by Crippen LogP contribution is -2.46. The molecule has 1 saturated carbocycles. The van der Waals surface area contributed by atoms with Crippen molar-refractivity contribution in [1.29, 1.82) is 0 Å². The molecule has 232 valence electrons. The van der Waals surface area contributed by atoms with Gasteiger partial charge in [-0.1, -0.05) is 6.92 Å². The second kappa shape index (κ2) is 10.0. The number of H-pyrrole nitrogens is 1. The molecule has 8 rings (SSSR count). The summed E-state index contributed by atoms with van der Waals surface area (Å²) in [5.41, 5.74) is 2.85. The molecule has 4 aromatic rings. The van der Waals surface area contributed by atoms with Crippen LogP contribution in [0.15, 0.2) is 18.5 Å². The van der Waals surface area contributed by atoms with E-state index in [9.17, 15) is 9.50 Å². The molecule has 0 amide bonds. The van der Waals surface area contributed by atoms with Gasteiger partial charge in [0.15, 0.2) is 5.82 Å². The molecule has 11 heteroatoms. The topological polar surface area (TPSA) is 103 Å². The average molecular weight is 604 g/mol. The Morgan fingerprint density at radius 3 is 2.77 bits per heavy atom. The molecule has 5 atom stereocenters. The number of aromatic amines is 1. The molecule has 4 fully saturated rings. The second-order valence-corrected chi connectivity index (χ2v) is 14.0. The van der Waals surface area contributed by atoms with Crippen molar-refractivity contribution in [2.75, 3.05) is 37.7 Å². The van der Waals surface area contributed by atoms with Crippen LogP contribution in [0, 0.1) is 18.7 Å². The van der Waals surface area contributed by atoms with E-state index in [0.29, 0.717) is 55.5 Å². The number of nitrogens with one attached hydrogen (secondary N) is 1. The standard InChI is InChI=1S/C33H39F2N7O2/c1-18-10-21(18)25-19(2)11-24-22(14-37-40-24)26(25)29-27(35)28-23(13-36-29)30(41-8-4-6-32(3,43)16-41)39-31(38-28)44-17-33-7-5-9-42(33)15-20(34)12-33/h11,13-14,18,20-21,43H,4-10,12,15-17H2,1-3H3,(H,37,40)/t18-,20-,21+,32-,33+/m1/s1. The van der Waals surface area contributed by atoms with Gasteiger partial charge in [-0.3, -0.25) is 15.0 Å². The van der Waals surface area contributed by atoms with Crippen LogP contribution in [0.5, 0.6) is 6.01 Å². The molecule has 9 nitrogen and oxygen atoms in total. The Morgan fingerprint density at radius 1 is 1.16 bits per heavy atom. The van der Waals surface area contributed by atoms with Crippen LogP contribution in [-0.4, -0.2) is 85.3 Å². The van der Waals surface area contributed by atoms with Crippen LogP contribution in [0.25, 0.3) is 33.1 Å². The zero-order chi connectivity index (χ0) is 30.4. The number of anilines is 1. The fourth-order valence-electron chi connectivity index (χ4n) is 8.25. The minimum atomic E-state index is -0.907. The van der Waals surface area contributed by atoms with Gasteiger partial charge in [0, 0.05) is 43.2 Å². The number of halogens is 2. The quantitative estimate of drug-likeness (QED) is 0.300. The number of pyridine rings is 1. The fourth-order valence-corrected chi connectivity index (χ4v) is 8.25. The molecule has 1 aromatic carbocycles. The highest BCUT2D eigenvalue weighted by Gasteiger charge is 2.49. The summed E-state index contributed by atoms with van der Waals surface area (Å²) in [6, 6.07) is 2.14. The minimum Gasteiger partial charge on any atom is -0.461 e. The number of rotatable bonds is 6. The summed E-state index contributed by atoms with van der Waals surface area (Å²) in [4.78, 5) is 18.4. The van der Waals surface area contributed by atoms with E-state index >= 15 is 4.39 Å². The number of benzene rings is 1. The maximum absolute atomic E-state index is 17.0. The second-order valence-electron chi connectivity index (χ2n) is 14.0. The Morgan fingerprint density at radius 2 is 1.98 bits per heavy atom. The largest absolute Gasteiger partial charge is 0.461 e. The molecule has 0 radical (unpaired) electrons. The number of alkyl halides is 1. The molecule has 4 aliphatic rings. The smallest absolute Gasteiger partial charge is 0.319 e. The van der Waals surface area contributed by atoms with Crippen LogP contribution in [-0.2, 0) is 0 Å². The Balaban J connectivity index is 1.28. The molecule has 2 N–H and O–H groups in total. The van der Waals surface area contributed by atoms with Crippen LogP contribution in [0.4, 0.5) is 14.6 Å². The number of β-amino-alcohol motifs (C(OH)–C–C–N with tert-alkyl or cyclic N) is 1. The van der Waals surface area contributed by atoms with Crippen molar-refractivity contribution in [3.63, 3.8) is 0 Å². The number of ether oxygens (including phenoxy) is 1. The molecule has 3 aliphatic heterocycles. The first-order chi connectivity index (χ1) is 21.1. The third-order valence-electron chi connectivity index (χ3n) is 10.6. The summed E-state index contributed by atoms with van der Waals surface area (Å²) in [6.07, 6.45) is 7.27. The lowest BCUT2D eigenvalue weighted by molar-refractivity contribution is 0.0447. The van der Waals surface area contributed by atoms with Gasteiger partial charge in [-0.15, -0.1) is 0 Å². The van der Waals surface area contributed by atoms with E-state index in [1.165, 1.54) is 0 Å². The highest BCUT2D eigenvalue weighted by molar-refractivity contribution is 6.00. The lowest BCUT2D eigenvalue weighted by atomic mass is 9.91. The van der Waals surface area contributed by atoms with Gasteiger partial charge in [-0.2, -0.15) is 15.1 Å². The van der Waals surface area contributed by atoms with Crippen molar-refractivity contribution in [1.82, 2.24) is 30.0 Å².